The first-order valence-corrected chi connectivity index (χ1v) is 31.9. The number of ether oxygens (including phenoxy) is 6. The van der Waals surface area contributed by atoms with Crippen LogP contribution in [0.3, 0.4) is 0 Å². The molecular formula is C61H115NO18. The number of carbonyl (C=O) groups is 1. The van der Waals surface area contributed by atoms with E-state index in [1.165, 1.54) is 167 Å². The van der Waals surface area contributed by atoms with Gasteiger partial charge in [0.1, 0.15) is 73.2 Å². The number of carbonyl (C=O) groups excluding carboxylic acids is 1. The molecule has 19 nitrogen and oxygen atoms in total. The maximum absolute atomic E-state index is 13.2. The molecule has 3 heterocycles. The first kappa shape index (κ1) is 72.8. The van der Waals surface area contributed by atoms with E-state index in [0.29, 0.717) is 6.42 Å². The quantitative estimate of drug-likeness (QED) is 0.0227. The largest absolute Gasteiger partial charge is 0.394 e. The Morgan fingerprint density at radius 2 is 0.775 bits per heavy atom. The number of rotatable bonds is 48. The number of unbranched alkanes of at least 4 members (excludes halogenated alkanes) is 32. The van der Waals surface area contributed by atoms with Gasteiger partial charge >= 0.3 is 0 Å². The summed E-state index contributed by atoms with van der Waals surface area (Å²) in [5, 5.41) is 120. The minimum atomic E-state index is -1.97. The standard InChI is InChI=1S/C61H115NO18/c1-3-5-7-9-11-13-14-15-16-17-18-19-20-21-22-23-24-25-26-27-28-29-31-32-34-36-38-45(66)44(62-49(67)39-37-35-33-30-12-10-8-6-4-2)43-75-59-55(73)52(70)57(47(41-64)77-59)80-61-56(74)53(71)58(48(42-65)78-61)79-60-54(72)51(69)50(68)46(40-63)76-60/h36,38,44-48,50-61,63-66,68-74H,3-35,37,39-43H2,1-2H3,(H,62,67)/b38-36+. The molecular weight excluding hydrogens is 1030 g/mol. The molecule has 1 amide bonds. The van der Waals surface area contributed by atoms with Crippen molar-refractivity contribution in [2.75, 3.05) is 26.4 Å². The van der Waals surface area contributed by atoms with E-state index in [0.717, 1.165) is 44.9 Å². The van der Waals surface area contributed by atoms with Crippen molar-refractivity contribution in [3.05, 3.63) is 12.2 Å². The van der Waals surface area contributed by atoms with Crippen LogP contribution >= 0.6 is 0 Å². The average Bonchev–Trinajstić information content (AvgIpc) is 3.45. The predicted molar refractivity (Wildman–Crippen MR) is 305 cm³/mol. The lowest BCUT2D eigenvalue weighted by molar-refractivity contribution is -0.379. The van der Waals surface area contributed by atoms with Crippen LogP contribution in [0.1, 0.15) is 239 Å². The van der Waals surface area contributed by atoms with Crippen molar-refractivity contribution in [3.8, 4) is 0 Å². The molecule has 0 aromatic rings. The summed E-state index contributed by atoms with van der Waals surface area (Å²) < 4.78 is 34.2. The summed E-state index contributed by atoms with van der Waals surface area (Å²) in [5.41, 5.74) is 0. The normalized spacial score (nSPS) is 30.0. The molecule has 80 heavy (non-hydrogen) atoms. The number of hydrogen-bond acceptors (Lipinski definition) is 18. The molecule has 12 N–H and O–H groups in total. The van der Waals surface area contributed by atoms with Crippen LogP contribution in [0, 0.1) is 0 Å². The van der Waals surface area contributed by atoms with Crippen LogP contribution in [0.25, 0.3) is 0 Å². The summed E-state index contributed by atoms with van der Waals surface area (Å²) in [4.78, 5) is 13.2. The molecule has 0 aliphatic carbocycles. The highest BCUT2D eigenvalue weighted by atomic mass is 16.8. The number of hydrogen-bond donors (Lipinski definition) is 12. The number of nitrogens with one attached hydrogen (secondary N) is 1. The Bertz CT molecular complexity index is 1510. The maximum Gasteiger partial charge on any atom is 0.220 e. The monoisotopic (exact) mass is 1150 g/mol. The first-order chi connectivity index (χ1) is 38.8. The lowest BCUT2D eigenvalue weighted by Crippen LogP contribution is -2.66. The van der Waals surface area contributed by atoms with Gasteiger partial charge in [0.2, 0.25) is 5.91 Å². The lowest BCUT2D eigenvalue weighted by atomic mass is 9.96. The van der Waals surface area contributed by atoms with Gasteiger partial charge in [0, 0.05) is 6.42 Å². The van der Waals surface area contributed by atoms with E-state index in [1.54, 1.807) is 6.08 Å². The SMILES string of the molecule is CCCCCCCCCCCCCCCCCCCCCCCCCC/C=C/C(O)C(COC1OC(CO)C(OC2OC(CO)C(OC3OC(CO)C(O)C(O)C3O)C(O)C2O)C(O)C1O)NC(=O)CCCCCCCCCCC. The molecule has 3 rings (SSSR count). The molecule has 0 bridgehead atoms. The van der Waals surface area contributed by atoms with Gasteiger partial charge in [-0.05, 0) is 19.3 Å². The number of amides is 1. The van der Waals surface area contributed by atoms with Gasteiger partial charge in [0.25, 0.3) is 0 Å². The zero-order valence-electron chi connectivity index (χ0n) is 49.3. The summed E-state index contributed by atoms with van der Waals surface area (Å²) in [5.74, 6) is -0.277. The Morgan fingerprint density at radius 3 is 1.18 bits per heavy atom. The van der Waals surface area contributed by atoms with Crippen molar-refractivity contribution in [1.29, 1.82) is 0 Å². The number of aliphatic hydroxyl groups excluding tert-OH is 11. The zero-order chi connectivity index (χ0) is 58.3. The maximum atomic E-state index is 13.2. The third-order valence-electron chi connectivity index (χ3n) is 16.3. The second-order valence-corrected chi connectivity index (χ2v) is 23.2. The third kappa shape index (κ3) is 28.2. The summed E-state index contributed by atoms with van der Waals surface area (Å²) in [6.07, 6.45) is 19.4. The number of allylic oxidation sites excluding steroid dienone is 1. The number of aliphatic hydroxyl groups is 11. The van der Waals surface area contributed by atoms with Crippen molar-refractivity contribution in [3.63, 3.8) is 0 Å². The fourth-order valence-corrected chi connectivity index (χ4v) is 11.1. The van der Waals surface area contributed by atoms with Gasteiger partial charge in [-0.1, -0.05) is 225 Å². The summed E-state index contributed by atoms with van der Waals surface area (Å²) in [6.45, 7) is 1.71. The Hall–Kier alpha value is -1.47. The third-order valence-corrected chi connectivity index (χ3v) is 16.3. The van der Waals surface area contributed by atoms with Gasteiger partial charge in [0.05, 0.1) is 38.6 Å². The van der Waals surface area contributed by atoms with E-state index < -0.39 is 124 Å². The molecule has 0 aromatic carbocycles. The van der Waals surface area contributed by atoms with Gasteiger partial charge in [-0.15, -0.1) is 0 Å². The van der Waals surface area contributed by atoms with Crippen LogP contribution in [0.4, 0.5) is 0 Å². The van der Waals surface area contributed by atoms with Crippen LogP contribution in [0.5, 0.6) is 0 Å². The molecule has 19 heteroatoms. The van der Waals surface area contributed by atoms with Gasteiger partial charge in [-0.2, -0.15) is 0 Å². The molecule has 0 radical (unpaired) electrons. The molecule has 472 valence electrons. The fraction of sp³-hybridized carbons (Fsp3) is 0.951. The Labute approximate surface area is 480 Å². The molecule has 0 spiro atoms. The smallest absolute Gasteiger partial charge is 0.220 e. The van der Waals surface area contributed by atoms with Crippen molar-refractivity contribution < 1.29 is 89.4 Å². The first-order valence-electron chi connectivity index (χ1n) is 31.9. The Morgan fingerprint density at radius 1 is 0.438 bits per heavy atom. The fourth-order valence-electron chi connectivity index (χ4n) is 11.1. The molecule has 17 atom stereocenters. The van der Waals surface area contributed by atoms with Gasteiger partial charge in [-0.25, -0.2) is 0 Å². The Balaban J connectivity index is 1.42. The molecule has 3 saturated heterocycles. The van der Waals surface area contributed by atoms with Crippen LogP contribution in [0.15, 0.2) is 12.2 Å². The topological polar surface area (TPSA) is 307 Å². The highest BCUT2D eigenvalue weighted by Crippen LogP contribution is 2.33. The van der Waals surface area contributed by atoms with E-state index in [-0.39, 0.29) is 18.9 Å². The molecule has 0 aromatic heterocycles. The Kier molecular flexibility index (Phi) is 40.9. The molecule has 3 aliphatic rings. The molecule has 3 aliphatic heterocycles. The minimum absolute atomic E-state index is 0.247. The minimum Gasteiger partial charge on any atom is -0.394 e. The van der Waals surface area contributed by atoms with Crippen molar-refractivity contribution in [2.45, 2.75) is 343 Å². The van der Waals surface area contributed by atoms with E-state index in [4.69, 9.17) is 28.4 Å². The van der Waals surface area contributed by atoms with E-state index in [1.807, 2.05) is 6.08 Å². The summed E-state index contributed by atoms with van der Waals surface area (Å²) in [6, 6.07) is -0.966. The van der Waals surface area contributed by atoms with E-state index in [2.05, 4.69) is 19.2 Å². The van der Waals surface area contributed by atoms with Crippen LogP contribution < -0.4 is 5.32 Å². The highest BCUT2D eigenvalue weighted by molar-refractivity contribution is 5.76. The van der Waals surface area contributed by atoms with Gasteiger partial charge in [-0.3, -0.25) is 4.79 Å². The van der Waals surface area contributed by atoms with Gasteiger partial charge in [0.15, 0.2) is 18.9 Å². The summed E-state index contributed by atoms with van der Waals surface area (Å²) in [7, 11) is 0. The second-order valence-electron chi connectivity index (χ2n) is 23.2. The molecule has 3 fully saturated rings. The lowest BCUT2D eigenvalue weighted by Gasteiger charge is -2.48. The van der Waals surface area contributed by atoms with Crippen LogP contribution in [-0.4, -0.2) is 193 Å². The summed E-state index contributed by atoms with van der Waals surface area (Å²) >= 11 is 0. The average molecular weight is 1150 g/mol. The van der Waals surface area contributed by atoms with Gasteiger partial charge < -0.3 is 89.9 Å². The van der Waals surface area contributed by atoms with E-state index in [9.17, 15) is 61.0 Å². The van der Waals surface area contributed by atoms with Crippen molar-refractivity contribution in [1.82, 2.24) is 5.32 Å². The van der Waals surface area contributed by atoms with E-state index >= 15 is 0 Å². The second kappa shape index (κ2) is 44.9. The molecule has 0 saturated carbocycles. The highest BCUT2D eigenvalue weighted by Gasteiger charge is 2.53. The zero-order valence-corrected chi connectivity index (χ0v) is 49.3. The van der Waals surface area contributed by atoms with Crippen LogP contribution in [-0.2, 0) is 33.2 Å². The van der Waals surface area contributed by atoms with Crippen LogP contribution in [0.2, 0.25) is 0 Å². The van der Waals surface area contributed by atoms with Crippen molar-refractivity contribution >= 4 is 5.91 Å². The van der Waals surface area contributed by atoms with Crippen molar-refractivity contribution in [2.24, 2.45) is 0 Å². The predicted octanol–water partition coefficient (Wildman–Crippen LogP) is 6.55. The molecule has 17 unspecified atom stereocenters.